The van der Waals surface area contributed by atoms with E-state index >= 15 is 0 Å². The van der Waals surface area contributed by atoms with E-state index in [0.29, 0.717) is 0 Å². The van der Waals surface area contributed by atoms with Crippen LogP contribution in [0.5, 0.6) is 0 Å². The third-order valence-electron chi connectivity index (χ3n) is 4.38. The van der Waals surface area contributed by atoms with Crippen LogP contribution >= 0.6 is 0 Å². The highest BCUT2D eigenvalue weighted by Crippen LogP contribution is 2.26. The van der Waals surface area contributed by atoms with Gasteiger partial charge in [0.2, 0.25) is 0 Å². The summed E-state index contributed by atoms with van der Waals surface area (Å²) in [4.78, 5) is 2.62. The molecule has 0 atom stereocenters. The van der Waals surface area contributed by atoms with Gasteiger partial charge in [-0.1, -0.05) is 18.6 Å². The Hall–Kier alpha value is -1.28. The van der Waals surface area contributed by atoms with Crippen molar-refractivity contribution in [2.24, 2.45) is 0 Å². The molecule has 0 unspecified atom stereocenters. The molecule has 1 saturated heterocycles. The topological polar surface area (TPSA) is 8.17 Å². The molecule has 102 valence electrons. The molecule has 1 aliphatic heterocycles. The minimum atomic E-state index is 1.06. The predicted molar refractivity (Wildman–Crippen MR) is 81.5 cm³/mol. The zero-order valence-electron chi connectivity index (χ0n) is 12.2. The van der Waals surface area contributed by atoms with E-state index in [9.17, 15) is 0 Å². The molecule has 0 radical (unpaired) electrons. The Morgan fingerprint density at radius 2 is 1.89 bits per heavy atom. The molecular weight excluding hydrogens is 232 g/mol. The average molecular weight is 256 g/mol. The highest BCUT2D eigenvalue weighted by molar-refractivity contribution is 5.87. The minimum absolute atomic E-state index is 1.06. The van der Waals surface area contributed by atoms with E-state index in [1.165, 1.54) is 54.4 Å². The van der Waals surface area contributed by atoms with Gasteiger partial charge in [0.25, 0.3) is 0 Å². The van der Waals surface area contributed by atoms with Crippen LogP contribution in [0.25, 0.3) is 10.9 Å². The fourth-order valence-corrected chi connectivity index (χ4v) is 3.37. The first-order chi connectivity index (χ1) is 9.29. The Morgan fingerprint density at radius 1 is 1.11 bits per heavy atom. The SMILES string of the molecule is CCn1cc(CN2CCCCC2)c2c(C)cccc21. The number of fused-ring (bicyclic) bond motifs is 1. The fraction of sp³-hybridized carbons (Fsp3) is 0.529. The zero-order valence-corrected chi connectivity index (χ0v) is 12.2. The molecule has 0 N–H and O–H groups in total. The molecule has 1 aliphatic rings. The first-order valence-corrected chi connectivity index (χ1v) is 7.59. The molecule has 0 bridgehead atoms. The normalized spacial score (nSPS) is 17.2. The van der Waals surface area contributed by atoms with Crippen LogP contribution in [0, 0.1) is 6.92 Å². The second-order valence-electron chi connectivity index (χ2n) is 5.75. The average Bonchev–Trinajstić information content (AvgIpc) is 2.79. The van der Waals surface area contributed by atoms with Gasteiger partial charge in [-0.05, 0) is 57.0 Å². The Labute approximate surface area is 116 Å². The molecule has 1 aromatic heterocycles. The van der Waals surface area contributed by atoms with Gasteiger partial charge < -0.3 is 4.57 Å². The van der Waals surface area contributed by atoms with Crippen molar-refractivity contribution in [3.8, 4) is 0 Å². The molecule has 2 aromatic rings. The van der Waals surface area contributed by atoms with Crippen molar-refractivity contribution in [2.45, 2.75) is 46.2 Å². The van der Waals surface area contributed by atoms with Crippen molar-refractivity contribution in [3.63, 3.8) is 0 Å². The smallest absolute Gasteiger partial charge is 0.0486 e. The maximum atomic E-state index is 2.62. The third kappa shape index (κ3) is 2.42. The van der Waals surface area contributed by atoms with E-state index in [1.54, 1.807) is 0 Å². The lowest BCUT2D eigenvalue weighted by atomic mass is 10.1. The van der Waals surface area contributed by atoms with Gasteiger partial charge in [-0.2, -0.15) is 0 Å². The first kappa shape index (κ1) is 12.7. The minimum Gasteiger partial charge on any atom is -0.347 e. The number of benzene rings is 1. The van der Waals surface area contributed by atoms with Crippen molar-refractivity contribution in [3.05, 3.63) is 35.5 Å². The van der Waals surface area contributed by atoms with Crippen LogP contribution in [-0.4, -0.2) is 22.6 Å². The summed E-state index contributed by atoms with van der Waals surface area (Å²) in [5, 5.41) is 1.48. The lowest BCUT2D eigenvalue weighted by Crippen LogP contribution is -2.29. The fourth-order valence-electron chi connectivity index (χ4n) is 3.37. The second kappa shape index (κ2) is 5.38. The summed E-state index contributed by atoms with van der Waals surface area (Å²) in [6, 6.07) is 6.67. The molecule has 1 aromatic carbocycles. The number of aryl methyl sites for hydroxylation is 2. The summed E-state index contributed by atoms with van der Waals surface area (Å²) in [5.41, 5.74) is 4.32. The van der Waals surface area contributed by atoms with Gasteiger partial charge in [0.1, 0.15) is 0 Å². The Bertz CT molecular complexity index is 562. The summed E-state index contributed by atoms with van der Waals surface area (Å²) >= 11 is 0. The van der Waals surface area contributed by atoms with Gasteiger partial charge in [-0.25, -0.2) is 0 Å². The summed E-state index contributed by atoms with van der Waals surface area (Å²) in [6.45, 7) is 9.18. The van der Waals surface area contributed by atoms with Crippen molar-refractivity contribution in [2.75, 3.05) is 13.1 Å². The second-order valence-corrected chi connectivity index (χ2v) is 5.75. The molecule has 3 rings (SSSR count). The van der Waals surface area contributed by atoms with Crippen LogP contribution in [-0.2, 0) is 13.1 Å². The number of likely N-dealkylation sites (tertiary alicyclic amines) is 1. The van der Waals surface area contributed by atoms with Crippen LogP contribution in [0.3, 0.4) is 0 Å². The zero-order chi connectivity index (χ0) is 13.2. The molecule has 19 heavy (non-hydrogen) atoms. The van der Waals surface area contributed by atoms with E-state index in [2.05, 4.69) is 47.7 Å². The van der Waals surface area contributed by atoms with Crippen LogP contribution in [0.15, 0.2) is 24.4 Å². The third-order valence-corrected chi connectivity index (χ3v) is 4.38. The highest BCUT2D eigenvalue weighted by atomic mass is 15.1. The molecule has 0 aliphatic carbocycles. The highest BCUT2D eigenvalue weighted by Gasteiger charge is 2.15. The van der Waals surface area contributed by atoms with Crippen molar-refractivity contribution in [1.82, 2.24) is 9.47 Å². The molecule has 0 saturated carbocycles. The molecule has 1 fully saturated rings. The van der Waals surface area contributed by atoms with Gasteiger partial charge in [-0.15, -0.1) is 0 Å². The summed E-state index contributed by atoms with van der Waals surface area (Å²) in [5.74, 6) is 0. The maximum Gasteiger partial charge on any atom is 0.0486 e. The standard InChI is InChI=1S/C17H24N2/c1-3-19-13-15(12-18-10-5-4-6-11-18)17-14(2)8-7-9-16(17)19/h7-9,13H,3-6,10-12H2,1-2H3. The van der Waals surface area contributed by atoms with Crippen molar-refractivity contribution < 1.29 is 0 Å². The van der Waals surface area contributed by atoms with Crippen LogP contribution in [0.4, 0.5) is 0 Å². The van der Waals surface area contributed by atoms with E-state index in [0.717, 1.165) is 13.1 Å². The van der Waals surface area contributed by atoms with Crippen LogP contribution in [0.1, 0.15) is 37.3 Å². The number of piperidine rings is 1. The Kier molecular flexibility index (Phi) is 3.61. The Morgan fingerprint density at radius 3 is 2.63 bits per heavy atom. The number of nitrogens with zero attached hydrogens (tertiary/aromatic N) is 2. The van der Waals surface area contributed by atoms with Gasteiger partial charge in [0, 0.05) is 30.2 Å². The van der Waals surface area contributed by atoms with E-state index in [1.807, 2.05) is 0 Å². The van der Waals surface area contributed by atoms with Gasteiger partial charge >= 0.3 is 0 Å². The first-order valence-electron chi connectivity index (χ1n) is 7.59. The Balaban J connectivity index is 1.98. The number of hydrogen-bond acceptors (Lipinski definition) is 1. The van der Waals surface area contributed by atoms with Gasteiger partial charge in [0.05, 0.1) is 0 Å². The van der Waals surface area contributed by atoms with Crippen LogP contribution in [0.2, 0.25) is 0 Å². The predicted octanol–water partition coefficient (Wildman–Crippen LogP) is 3.96. The molecule has 2 heterocycles. The maximum absolute atomic E-state index is 2.62. The number of aromatic nitrogens is 1. The summed E-state index contributed by atoms with van der Waals surface area (Å²) in [6.07, 6.45) is 6.51. The van der Waals surface area contributed by atoms with Gasteiger partial charge in [0.15, 0.2) is 0 Å². The quantitative estimate of drug-likeness (QED) is 0.807. The number of hydrogen-bond donors (Lipinski definition) is 0. The molecule has 2 heteroatoms. The van der Waals surface area contributed by atoms with Crippen molar-refractivity contribution in [1.29, 1.82) is 0 Å². The summed E-state index contributed by atoms with van der Waals surface area (Å²) in [7, 11) is 0. The summed E-state index contributed by atoms with van der Waals surface area (Å²) < 4.78 is 2.39. The van der Waals surface area contributed by atoms with E-state index in [-0.39, 0.29) is 0 Å². The molecular formula is C17H24N2. The molecule has 0 spiro atoms. The molecule has 2 nitrogen and oxygen atoms in total. The lowest BCUT2D eigenvalue weighted by molar-refractivity contribution is 0.221. The van der Waals surface area contributed by atoms with E-state index in [4.69, 9.17) is 0 Å². The number of rotatable bonds is 3. The molecule has 0 amide bonds. The monoisotopic (exact) mass is 256 g/mol. The lowest BCUT2D eigenvalue weighted by Gasteiger charge is -2.26. The van der Waals surface area contributed by atoms with Crippen molar-refractivity contribution >= 4 is 10.9 Å². The van der Waals surface area contributed by atoms with E-state index < -0.39 is 0 Å². The van der Waals surface area contributed by atoms with Gasteiger partial charge in [-0.3, -0.25) is 4.90 Å². The van der Waals surface area contributed by atoms with Crippen LogP contribution < -0.4 is 0 Å². The largest absolute Gasteiger partial charge is 0.347 e.